The topological polar surface area (TPSA) is 77.3 Å². The van der Waals surface area contributed by atoms with Crippen LogP contribution >= 0.6 is 0 Å². The van der Waals surface area contributed by atoms with Gasteiger partial charge in [-0.1, -0.05) is 18.2 Å². The number of nitriles is 1. The molecule has 1 aliphatic heterocycles. The highest BCUT2D eigenvalue weighted by Gasteiger charge is 2.14. The van der Waals surface area contributed by atoms with E-state index in [9.17, 15) is 0 Å². The summed E-state index contributed by atoms with van der Waals surface area (Å²) < 4.78 is 5.61. The molecule has 1 fully saturated rings. The molecule has 3 aromatic rings. The van der Waals surface area contributed by atoms with E-state index in [4.69, 9.17) is 10.00 Å². The number of rotatable bonds is 5. The molecule has 1 unspecified atom stereocenters. The number of piperazine rings is 1. The Balaban J connectivity index is 1.53. The Labute approximate surface area is 170 Å². The summed E-state index contributed by atoms with van der Waals surface area (Å²) in [5.41, 5.74) is 6.28. The first-order chi connectivity index (χ1) is 14.1. The van der Waals surface area contributed by atoms with E-state index < -0.39 is 6.10 Å². The van der Waals surface area contributed by atoms with E-state index in [-0.39, 0.29) is 0 Å². The quantitative estimate of drug-likeness (QED) is 0.719. The Bertz CT molecular complexity index is 1040. The van der Waals surface area contributed by atoms with Crippen LogP contribution in [0.2, 0.25) is 0 Å². The standard InChI is InChI=1S/C22H24N6O/c1-16(14-23)29-20-5-3-4-17(13-20)18-6-7-21-19(12-18)15-24-22(25-21)26-28-10-8-27(2)9-11-28/h3-7,12-13,15-16H,8-11H2,1-2H3,(H,24,25,26). The highest BCUT2D eigenvalue weighted by molar-refractivity contribution is 5.84. The van der Waals surface area contributed by atoms with E-state index in [1.54, 1.807) is 6.92 Å². The van der Waals surface area contributed by atoms with E-state index in [1.807, 2.05) is 42.6 Å². The van der Waals surface area contributed by atoms with Crippen LogP contribution < -0.4 is 10.2 Å². The van der Waals surface area contributed by atoms with Gasteiger partial charge in [-0.3, -0.25) is 5.43 Å². The number of likely N-dealkylation sites (N-methyl/N-ethyl adjacent to an activating group) is 1. The van der Waals surface area contributed by atoms with E-state index >= 15 is 0 Å². The molecule has 1 N–H and O–H groups in total. The molecule has 4 rings (SSSR count). The molecule has 1 atom stereocenters. The van der Waals surface area contributed by atoms with Gasteiger partial charge in [-0.2, -0.15) is 5.26 Å². The predicted octanol–water partition coefficient (Wildman–Crippen LogP) is 3.16. The van der Waals surface area contributed by atoms with Crippen LogP contribution in [0.5, 0.6) is 5.75 Å². The molecule has 0 saturated carbocycles. The summed E-state index contributed by atoms with van der Waals surface area (Å²) in [4.78, 5) is 11.4. The summed E-state index contributed by atoms with van der Waals surface area (Å²) in [6.07, 6.45) is 1.36. The van der Waals surface area contributed by atoms with Crippen LogP contribution in [-0.4, -0.2) is 59.2 Å². The van der Waals surface area contributed by atoms with Crippen molar-refractivity contribution in [3.05, 3.63) is 48.7 Å². The van der Waals surface area contributed by atoms with Gasteiger partial charge in [-0.15, -0.1) is 0 Å². The molecule has 29 heavy (non-hydrogen) atoms. The van der Waals surface area contributed by atoms with E-state index in [0.29, 0.717) is 11.7 Å². The van der Waals surface area contributed by atoms with Gasteiger partial charge in [0.05, 0.1) is 5.52 Å². The number of ether oxygens (including phenoxy) is 1. The molecule has 0 aliphatic carbocycles. The lowest BCUT2D eigenvalue weighted by atomic mass is 10.0. The number of hydrogen-bond donors (Lipinski definition) is 1. The van der Waals surface area contributed by atoms with Crippen molar-refractivity contribution in [1.82, 2.24) is 19.9 Å². The van der Waals surface area contributed by atoms with Gasteiger partial charge in [0.2, 0.25) is 5.95 Å². The minimum atomic E-state index is -0.485. The average Bonchev–Trinajstić information content (AvgIpc) is 2.75. The second-order valence-corrected chi connectivity index (χ2v) is 7.29. The smallest absolute Gasteiger partial charge is 0.238 e. The number of fused-ring (bicyclic) bond motifs is 1. The lowest BCUT2D eigenvalue weighted by molar-refractivity contribution is 0.178. The summed E-state index contributed by atoms with van der Waals surface area (Å²) in [6, 6.07) is 16.0. The molecule has 1 aromatic heterocycles. The molecule has 2 aromatic carbocycles. The summed E-state index contributed by atoms with van der Waals surface area (Å²) in [5, 5.41) is 12.1. The first-order valence-corrected chi connectivity index (χ1v) is 9.74. The van der Waals surface area contributed by atoms with Crippen molar-refractivity contribution in [2.75, 3.05) is 38.7 Å². The number of nitrogens with one attached hydrogen (secondary N) is 1. The minimum absolute atomic E-state index is 0.485. The summed E-state index contributed by atoms with van der Waals surface area (Å²) in [6.45, 7) is 5.67. The van der Waals surface area contributed by atoms with Crippen LogP contribution in [0.4, 0.5) is 5.95 Å². The number of aromatic nitrogens is 2. The van der Waals surface area contributed by atoms with Gasteiger partial charge in [-0.25, -0.2) is 15.0 Å². The Morgan fingerprint density at radius 2 is 1.90 bits per heavy atom. The maximum atomic E-state index is 8.94. The van der Waals surface area contributed by atoms with Crippen molar-refractivity contribution in [2.24, 2.45) is 0 Å². The van der Waals surface area contributed by atoms with E-state index in [2.05, 4.69) is 44.5 Å². The van der Waals surface area contributed by atoms with Crippen molar-refractivity contribution in [2.45, 2.75) is 13.0 Å². The first-order valence-electron chi connectivity index (χ1n) is 9.74. The maximum Gasteiger partial charge on any atom is 0.238 e. The lowest BCUT2D eigenvalue weighted by Gasteiger charge is -2.32. The largest absolute Gasteiger partial charge is 0.476 e. The van der Waals surface area contributed by atoms with Gasteiger partial charge < -0.3 is 9.64 Å². The molecule has 1 aliphatic rings. The maximum absolute atomic E-state index is 8.94. The Morgan fingerprint density at radius 1 is 1.10 bits per heavy atom. The highest BCUT2D eigenvalue weighted by Crippen LogP contribution is 2.27. The third-order valence-corrected chi connectivity index (χ3v) is 5.00. The van der Waals surface area contributed by atoms with Crippen LogP contribution in [0.15, 0.2) is 48.7 Å². The fourth-order valence-corrected chi connectivity index (χ4v) is 3.31. The predicted molar refractivity (Wildman–Crippen MR) is 113 cm³/mol. The van der Waals surface area contributed by atoms with Crippen molar-refractivity contribution >= 4 is 16.9 Å². The van der Waals surface area contributed by atoms with Gasteiger partial charge in [0.15, 0.2) is 6.10 Å². The van der Waals surface area contributed by atoms with Gasteiger partial charge in [-0.05, 0) is 49.4 Å². The Morgan fingerprint density at radius 3 is 2.69 bits per heavy atom. The van der Waals surface area contributed by atoms with Gasteiger partial charge in [0.1, 0.15) is 11.8 Å². The molecule has 2 heterocycles. The highest BCUT2D eigenvalue weighted by atomic mass is 16.5. The van der Waals surface area contributed by atoms with Crippen LogP contribution in [0.3, 0.4) is 0 Å². The Kier molecular flexibility index (Phi) is 5.56. The lowest BCUT2D eigenvalue weighted by Crippen LogP contribution is -2.47. The van der Waals surface area contributed by atoms with Gasteiger partial charge >= 0.3 is 0 Å². The van der Waals surface area contributed by atoms with Crippen molar-refractivity contribution in [3.8, 4) is 22.9 Å². The molecule has 0 radical (unpaired) electrons. The number of anilines is 1. The molecule has 0 bridgehead atoms. The SMILES string of the molecule is CC(C#N)Oc1cccc(-c2ccc3nc(NN4CCN(C)CC4)ncc3c2)c1. The molecular weight excluding hydrogens is 364 g/mol. The van der Waals surface area contributed by atoms with Crippen molar-refractivity contribution in [1.29, 1.82) is 5.26 Å². The Hall–Kier alpha value is -3.21. The number of hydrogen-bond acceptors (Lipinski definition) is 7. The zero-order chi connectivity index (χ0) is 20.2. The fraction of sp³-hybridized carbons (Fsp3) is 0.318. The van der Waals surface area contributed by atoms with Crippen molar-refractivity contribution < 1.29 is 4.74 Å². The molecule has 7 nitrogen and oxygen atoms in total. The zero-order valence-electron chi connectivity index (χ0n) is 16.7. The summed E-state index contributed by atoms with van der Waals surface area (Å²) in [7, 11) is 2.13. The molecule has 148 valence electrons. The third-order valence-electron chi connectivity index (χ3n) is 5.00. The molecular formula is C22H24N6O. The third kappa shape index (κ3) is 4.62. The van der Waals surface area contributed by atoms with Crippen molar-refractivity contribution in [3.63, 3.8) is 0 Å². The minimum Gasteiger partial charge on any atom is -0.476 e. The van der Waals surface area contributed by atoms with E-state index in [0.717, 1.165) is 48.2 Å². The fourth-order valence-electron chi connectivity index (χ4n) is 3.31. The summed E-state index contributed by atoms with van der Waals surface area (Å²) in [5.74, 6) is 1.30. The number of benzene rings is 2. The zero-order valence-corrected chi connectivity index (χ0v) is 16.7. The number of hydrazine groups is 1. The second kappa shape index (κ2) is 8.43. The van der Waals surface area contributed by atoms with Gasteiger partial charge in [0.25, 0.3) is 0 Å². The van der Waals surface area contributed by atoms with Gasteiger partial charge in [0, 0.05) is 37.8 Å². The molecule has 0 amide bonds. The monoisotopic (exact) mass is 388 g/mol. The van der Waals surface area contributed by atoms with E-state index in [1.165, 1.54) is 0 Å². The average molecular weight is 388 g/mol. The van der Waals surface area contributed by atoms with Crippen LogP contribution in [-0.2, 0) is 0 Å². The van der Waals surface area contributed by atoms with Crippen LogP contribution in [0.1, 0.15) is 6.92 Å². The van der Waals surface area contributed by atoms with Crippen LogP contribution in [0, 0.1) is 11.3 Å². The molecule has 1 saturated heterocycles. The first kappa shape index (κ1) is 19.1. The molecule has 0 spiro atoms. The normalized spacial score (nSPS) is 16.3. The second-order valence-electron chi connectivity index (χ2n) is 7.29. The molecule has 7 heteroatoms. The summed E-state index contributed by atoms with van der Waals surface area (Å²) >= 11 is 0. The van der Waals surface area contributed by atoms with Crippen LogP contribution in [0.25, 0.3) is 22.0 Å². The number of nitrogens with zero attached hydrogens (tertiary/aromatic N) is 5.